The minimum atomic E-state index is -2.97. The van der Waals surface area contributed by atoms with Gasteiger partial charge in [0.15, 0.2) is 0 Å². The Morgan fingerprint density at radius 3 is 2.57 bits per heavy atom. The van der Waals surface area contributed by atoms with Crippen LogP contribution in [0.1, 0.15) is 32.6 Å². The Morgan fingerprint density at radius 2 is 2.07 bits per heavy atom. The van der Waals surface area contributed by atoms with E-state index in [1.807, 2.05) is 0 Å². The molecule has 0 aliphatic heterocycles. The molecule has 0 heterocycles. The lowest BCUT2D eigenvalue weighted by atomic mass is 9.89. The second-order valence-corrected chi connectivity index (χ2v) is 6.78. The summed E-state index contributed by atoms with van der Waals surface area (Å²) in [5, 5.41) is 0. The summed E-state index contributed by atoms with van der Waals surface area (Å²) in [7, 11) is -2.97. The number of fused-ring (bicyclic) bond motifs is 2. The quantitative estimate of drug-likeness (QED) is 0.773. The van der Waals surface area contributed by atoms with Crippen molar-refractivity contribution in [1.29, 1.82) is 0 Å². The molecule has 2 aliphatic carbocycles. The molecule has 2 rings (SSSR count). The molecule has 0 aromatic carbocycles. The smallest absolute Gasteiger partial charge is 0.211 e. The van der Waals surface area contributed by atoms with E-state index in [-0.39, 0.29) is 5.75 Å². The van der Waals surface area contributed by atoms with Gasteiger partial charge in [-0.3, -0.25) is 0 Å². The van der Waals surface area contributed by atoms with Crippen molar-refractivity contribution in [2.45, 2.75) is 32.6 Å². The molecule has 2 fully saturated rings. The van der Waals surface area contributed by atoms with Crippen LogP contribution in [0, 0.1) is 17.8 Å². The molecule has 1 N–H and O–H groups in total. The maximum atomic E-state index is 11.3. The summed E-state index contributed by atoms with van der Waals surface area (Å²) in [5.74, 6) is 2.53. The van der Waals surface area contributed by atoms with E-state index in [4.69, 9.17) is 0 Å². The van der Waals surface area contributed by atoms with Crippen LogP contribution in [-0.2, 0) is 10.0 Å². The SMILES string of the molecule is CCS(=O)(=O)NCC1CC2CCC1C2. The third kappa shape index (κ3) is 2.11. The van der Waals surface area contributed by atoms with Gasteiger partial charge in [0.1, 0.15) is 0 Å². The highest BCUT2D eigenvalue weighted by Crippen LogP contribution is 2.47. The van der Waals surface area contributed by atoms with Crippen molar-refractivity contribution >= 4 is 10.0 Å². The first-order valence-corrected chi connectivity index (χ1v) is 7.23. The number of rotatable bonds is 4. The fourth-order valence-corrected chi connectivity index (χ4v) is 3.63. The molecule has 2 saturated carbocycles. The maximum Gasteiger partial charge on any atom is 0.211 e. The summed E-state index contributed by atoms with van der Waals surface area (Å²) in [6.07, 6.45) is 5.29. The second kappa shape index (κ2) is 3.81. The molecule has 0 spiro atoms. The van der Waals surface area contributed by atoms with Crippen LogP contribution in [0.5, 0.6) is 0 Å². The minimum Gasteiger partial charge on any atom is -0.215 e. The van der Waals surface area contributed by atoms with E-state index in [9.17, 15) is 8.42 Å². The van der Waals surface area contributed by atoms with Gasteiger partial charge in [-0.1, -0.05) is 6.42 Å². The molecule has 0 amide bonds. The van der Waals surface area contributed by atoms with Gasteiger partial charge in [-0.05, 0) is 43.9 Å². The normalized spacial score (nSPS) is 36.5. The Balaban J connectivity index is 1.82. The van der Waals surface area contributed by atoms with E-state index in [0.717, 1.165) is 11.8 Å². The van der Waals surface area contributed by atoms with Crippen molar-refractivity contribution in [1.82, 2.24) is 4.72 Å². The highest BCUT2D eigenvalue weighted by Gasteiger charge is 2.39. The monoisotopic (exact) mass is 217 g/mol. The molecule has 4 heteroatoms. The minimum absolute atomic E-state index is 0.202. The van der Waals surface area contributed by atoms with Crippen LogP contribution in [0.4, 0.5) is 0 Å². The lowest BCUT2D eigenvalue weighted by Crippen LogP contribution is -2.32. The second-order valence-electron chi connectivity index (χ2n) is 4.69. The predicted molar refractivity (Wildman–Crippen MR) is 56.4 cm³/mol. The summed E-state index contributed by atoms with van der Waals surface area (Å²) < 4.78 is 25.2. The van der Waals surface area contributed by atoms with E-state index in [2.05, 4.69) is 4.72 Å². The molecule has 0 radical (unpaired) electrons. The molecule has 0 aromatic heterocycles. The van der Waals surface area contributed by atoms with Crippen LogP contribution < -0.4 is 4.72 Å². The third-order valence-electron chi connectivity index (χ3n) is 3.83. The molecule has 0 aromatic rings. The van der Waals surface area contributed by atoms with Crippen molar-refractivity contribution < 1.29 is 8.42 Å². The highest BCUT2D eigenvalue weighted by atomic mass is 32.2. The standard InChI is InChI=1S/C10H19NO2S/c1-2-14(12,13)11-7-10-6-8-3-4-9(10)5-8/h8-11H,2-7H2,1H3. The molecule has 82 valence electrons. The van der Waals surface area contributed by atoms with Gasteiger partial charge in [-0.2, -0.15) is 0 Å². The van der Waals surface area contributed by atoms with Crippen LogP contribution >= 0.6 is 0 Å². The van der Waals surface area contributed by atoms with Crippen LogP contribution in [0.15, 0.2) is 0 Å². The first-order chi connectivity index (χ1) is 6.61. The van der Waals surface area contributed by atoms with Crippen LogP contribution in [0.2, 0.25) is 0 Å². The summed E-state index contributed by atoms with van der Waals surface area (Å²) in [6, 6.07) is 0. The van der Waals surface area contributed by atoms with Crippen molar-refractivity contribution in [2.24, 2.45) is 17.8 Å². The van der Waals surface area contributed by atoms with Gasteiger partial charge in [0.2, 0.25) is 10.0 Å². The molecule has 3 nitrogen and oxygen atoms in total. The van der Waals surface area contributed by atoms with Crippen molar-refractivity contribution in [3.05, 3.63) is 0 Å². The van der Waals surface area contributed by atoms with Crippen molar-refractivity contribution in [3.63, 3.8) is 0 Å². The topological polar surface area (TPSA) is 46.2 Å². The van der Waals surface area contributed by atoms with Gasteiger partial charge in [-0.15, -0.1) is 0 Å². The van der Waals surface area contributed by atoms with Crippen LogP contribution in [0.3, 0.4) is 0 Å². The van der Waals surface area contributed by atoms with Gasteiger partial charge in [-0.25, -0.2) is 13.1 Å². The molecule has 0 saturated heterocycles. The molecular formula is C10H19NO2S. The summed E-state index contributed by atoms with van der Waals surface area (Å²) >= 11 is 0. The number of hydrogen-bond donors (Lipinski definition) is 1. The molecule has 3 atom stereocenters. The Labute approximate surface area is 86.3 Å². The average Bonchev–Trinajstić information content (AvgIpc) is 2.76. The first kappa shape index (κ1) is 10.4. The Hall–Kier alpha value is -0.0900. The fourth-order valence-electron chi connectivity index (χ4n) is 2.96. The Bertz CT molecular complexity index is 299. The van der Waals surface area contributed by atoms with E-state index in [1.54, 1.807) is 6.92 Å². The number of nitrogens with one attached hydrogen (secondary N) is 1. The zero-order valence-corrected chi connectivity index (χ0v) is 9.52. The van der Waals surface area contributed by atoms with Gasteiger partial charge in [0.05, 0.1) is 5.75 Å². The lowest BCUT2D eigenvalue weighted by Gasteiger charge is -2.21. The Kier molecular flexibility index (Phi) is 2.84. The number of hydrogen-bond acceptors (Lipinski definition) is 2. The summed E-state index contributed by atoms with van der Waals surface area (Å²) in [5.41, 5.74) is 0. The lowest BCUT2D eigenvalue weighted by molar-refractivity contribution is 0.333. The predicted octanol–water partition coefficient (Wildman–Crippen LogP) is 1.36. The average molecular weight is 217 g/mol. The fraction of sp³-hybridized carbons (Fsp3) is 1.00. The van der Waals surface area contributed by atoms with E-state index < -0.39 is 10.0 Å². The highest BCUT2D eigenvalue weighted by molar-refractivity contribution is 7.89. The van der Waals surface area contributed by atoms with E-state index in [0.29, 0.717) is 12.5 Å². The van der Waals surface area contributed by atoms with Crippen LogP contribution in [-0.4, -0.2) is 20.7 Å². The first-order valence-electron chi connectivity index (χ1n) is 5.58. The van der Waals surface area contributed by atoms with Crippen molar-refractivity contribution in [3.8, 4) is 0 Å². The summed E-state index contributed by atoms with van der Waals surface area (Å²) in [6.45, 7) is 2.36. The van der Waals surface area contributed by atoms with Crippen molar-refractivity contribution in [2.75, 3.05) is 12.3 Å². The molecular weight excluding hydrogens is 198 g/mol. The largest absolute Gasteiger partial charge is 0.215 e. The van der Waals surface area contributed by atoms with E-state index in [1.165, 1.54) is 25.7 Å². The maximum absolute atomic E-state index is 11.3. The number of sulfonamides is 1. The molecule has 2 aliphatic rings. The van der Waals surface area contributed by atoms with E-state index >= 15 is 0 Å². The molecule has 2 bridgehead atoms. The van der Waals surface area contributed by atoms with Crippen LogP contribution in [0.25, 0.3) is 0 Å². The molecule has 14 heavy (non-hydrogen) atoms. The molecule has 3 unspecified atom stereocenters. The summed E-state index contributed by atoms with van der Waals surface area (Å²) in [4.78, 5) is 0. The van der Waals surface area contributed by atoms with Gasteiger partial charge < -0.3 is 0 Å². The van der Waals surface area contributed by atoms with Gasteiger partial charge in [0, 0.05) is 6.54 Å². The van der Waals surface area contributed by atoms with Gasteiger partial charge in [0.25, 0.3) is 0 Å². The zero-order chi connectivity index (χ0) is 10.2. The van der Waals surface area contributed by atoms with Gasteiger partial charge >= 0.3 is 0 Å². The third-order valence-corrected chi connectivity index (χ3v) is 5.20. The Morgan fingerprint density at radius 1 is 1.29 bits per heavy atom. The zero-order valence-electron chi connectivity index (χ0n) is 8.70.